The van der Waals surface area contributed by atoms with Crippen molar-refractivity contribution in [2.75, 3.05) is 37.6 Å². The van der Waals surface area contributed by atoms with Crippen molar-refractivity contribution in [2.24, 2.45) is 0 Å². The van der Waals surface area contributed by atoms with Crippen LogP contribution in [0.25, 0.3) is 0 Å². The van der Waals surface area contributed by atoms with Crippen LogP contribution in [0, 0.1) is 0 Å². The summed E-state index contributed by atoms with van der Waals surface area (Å²) in [5, 5.41) is 9.31. The van der Waals surface area contributed by atoms with Gasteiger partial charge in [-0.15, -0.1) is 0 Å². The van der Waals surface area contributed by atoms with Crippen molar-refractivity contribution in [3.63, 3.8) is 0 Å². The number of aliphatic hydroxyl groups is 1. The van der Waals surface area contributed by atoms with E-state index in [-0.39, 0.29) is 6.10 Å². The number of piperazine rings is 1. The van der Waals surface area contributed by atoms with Gasteiger partial charge in [0.15, 0.2) is 0 Å². The van der Waals surface area contributed by atoms with Crippen LogP contribution in [-0.2, 0) is 0 Å². The lowest BCUT2D eigenvalue weighted by Crippen LogP contribution is -2.48. The lowest BCUT2D eigenvalue weighted by atomic mass is 10.3. The summed E-state index contributed by atoms with van der Waals surface area (Å²) in [6, 6.07) is 1.83. The molecule has 0 unspecified atom stereocenters. The third-order valence-corrected chi connectivity index (χ3v) is 2.73. The second-order valence-corrected chi connectivity index (χ2v) is 4.19. The topological polar surface area (TPSA) is 52.5 Å². The maximum atomic E-state index is 9.31. The molecule has 1 atom stereocenters. The van der Waals surface area contributed by atoms with E-state index in [2.05, 4.69) is 19.8 Å². The van der Waals surface area contributed by atoms with Crippen LogP contribution in [0.1, 0.15) is 6.92 Å². The van der Waals surface area contributed by atoms with Gasteiger partial charge in [0, 0.05) is 45.1 Å². The van der Waals surface area contributed by atoms with E-state index in [1.54, 1.807) is 12.4 Å². The molecule has 1 saturated heterocycles. The first kappa shape index (κ1) is 11.3. The molecule has 5 nitrogen and oxygen atoms in total. The summed E-state index contributed by atoms with van der Waals surface area (Å²) in [4.78, 5) is 12.9. The quantitative estimate of drug-likeness (QED) is 0.779. The summed E-state index contributed by atoms with van der Waals surface area (Å²) in [5.74, 6) is 0.805. The molecule has 0 bridgehead atoms. The Morgan fingerprint density at radius 2 is 1.88 bits per heavy atom. The first-order chi connectivity index (χ1) is 7.75. The van der Waals surface area contributed by atoms with Crippen LogP contribution in [-0.4, -0.2) is 58.8 Å². The number of hydrogen-bond acceptors (Lipinski definition) is 5. The SMILES string of the molecule is C[C@H](O)CN1CCN(c2ncccn2)CC1. The molecule has 0 aliphatic carbocycles. The third kappa shape index (κ3) is 2.90. The Balaban J connectivity index is 1.86. The number of aliphatic hydroxyl groups excluding tert-OH is 1. The van der Waals surface area contributed by atoms with Crippen molar-refractivity contribution in [2.45, 2.75) is 13.0 Å². The fraction of sp³-hybridized carbons (Fsp3) is 0.636. The zero-order chi connectivity index (χ0) is 11.4. The van der Waals surface area contributed by atoms with Gasteiger partial charge in [-0.3, -0.25) is 4.90 Å². The highest BCUT2D eigenvalue weighted by Crippen LogP contribution is 2.09. The van der Waals surface area contributed by atoms with Crippen LogP contribution >= 0.6 is 0 Å². The molecule has 0 radical (unpaired) electrons. The van der Waals surface area contributed by atoms with E-state index in [1.165, 1.54) is 0 Å². The molecule has 5 heteroatoms. The number of β-amino-alcohol motifs (C(OH)–C–C–N with tert-alkyl or cyclic N) is 1. The van der Waals surface area contributed by atoms with Gasteiger partial charge >= 0.3 is 0 Å². The fourth-order valence-electron chi connectivity index (χ4n) is 1.96. The molecule has 1 aliphatic heterocycles. The normalized spacial score (nSPS) is 19.8. The Labute approximate surface area is 95.7 Å². The van der Waals surface area contributed by atoms with E-state index in [0.717, 1.165) is 38.7 Å². The summed E-state index contributed by atoms with van der Waals surface area (Å²) in [7, 11) is 0. The number of rotatable bonds is 3. The molecule has 2 rings (SSSR count). The summed E-state index contributed by atoms with van der Waals surface area (Å²) in [6.45, 7) is 6.36. The number of nitrogens with zero attached hydrogens (tertiary/aromatic N) is 4. The summed E-state index contributed by atoms with van der Waals surface area (Å²) >= 11 is 0. The van der Waals surface area contributed by atoms with Crippen molar-refractivity contribution >= 4 is 5.95 Å². The molecular formula is C11H18N4O. The molecule has 1 aliphatic rings. The molecule has 0 amide bonds. The monoisotopic (exact) mass is 222 g/mol. The first-order valence-corrected chi connectivity index (χ1v) is 5.68. The van der Waals surface area contributed by atoms with E-state index >= 15 is 0 Å². The van der Waals surface area contributed by atoms with E-state index in [9.17, 15) is 5.11 Å². The zero-order valence-electron chi connectivity index (χ0n) is 9.58. The smallest absolute Gasteiger partial charge is 0.225 e. The minimum Gasteiger partial charge on any atom is -0.392 e. The zero-order valence-corrected chi connectivity index (χ0v) is 9.58. The summed E-state index contributed by atoms with van der Waals surface area (Å²) in [6.07, 6.45) is 3.29. The maximum absolute atomic E-state index is 9.31. The molecule has 2 heterocycles. The van der Waals surface area contributed by atoms with Gasteiger partial charge in [0.1, 0.15) is 0 Å². The van der Waals surface area contributed by atoms with Gasteiger partial charge in [0.2, 0.25) is 5.95 Å². The standard InChI is InChI=1S/C11H18N4O/c1-10(16)9-14-5-7-15(8-6-14)11-12-3-2-4-13-11/h2-4,10,16H,5-9H2,1H3/t10-/m0/s1. The van der Waals surface area contributed by atoms with E-state index < -0.39 is 0 Å². The highest BCUT2D eigenvalue weighted by molar-refractivity contribution is 5.29. The largest absolute Gasteiger partial charge is 0.392 e. The first-order valence-electron chi connectivity index (χ1n) is 5.68. The fourth-order valence-corrected chi connectivity index (χ4v) is 1.96. The predicted octanol–water partition coefficient (Wildman–Crippen LogP) is -0.0206. The number of anilines is 1. The van der Waals surface area contributed by atoms with Gasteiger partial charge in [0.05, 0.1) is 6.10 Å². The lowest BCUT2D eigenvalue weighted by Gasteiger charge is -2.35. The van der Waals surface area contributed by atoms with Gasteiger partial charge in [0.25, 0.3) is 0 Å². The van der Waals surface area contributed by atoms with Crippen LogP contribution in [0.3, 0.4) is 0 Å². The Bertz CT molecular complexity index is 309. The van der Waals surface area contributed by atoms with Crippen molar-refractivity contribution in [1.29, 1.82) is 0 Å². The van der Waals surface area contributed by atoms with Gasteiger partial charge in [-0.05, 0) is 13.0 Å². The lowest BCUT2D eigenvalue weighted by molar-refractivity contribution is 0.122. The van der Waals surface area contributed by atoms with Gasteiger partial charge in [-0.2, -0.15) is 0 Å². The average Bonchev–Trinajstić information content (AvgIpc) is 2.30. The number of aromatic nitrogens is 2. The minimum atomic E-state index is -0.250. The molecule has 0 spiro atoms. The minimum absolute atomic E-state index is 0.250. The summed E-state index contributed by atoms with van der Waals surface area (Å²) < 4.78 is 0. The number of hydrogen-bond donors (Lipinski definition) is 1. The van der Waals surface area contributed by atoms with Gasteiger partial charge in [-0.1, -0.05) is 0 Å². The third-order valence-electron chi connectivity index (χ3n) is 2.73. The molecule has 0 aromatic carbocycles. The van der Waals surface area contributed by atoms with Crippen molar-refractivity contribution in [3.05, 3.63) is 18.5 Å². The predicted molar refractivity (Wildman–Crippen MR) is 62.4 cm³/mol. The highest BCUT2D eigenvalue weighted by Gasteiger charge is 2.19. The molecular weight excluding hydrogens is 204 g/mol. The molecule has 1 N–H and O–H groups in total. The second kappa shape index (κ2) is 5.23. The van der Waals surface area contributed by atoms with Crippen LogP contribution < -0.4 is 4.90 Å². The van der Waals surface area contributed by atoms with Crippen molar-refractivity contribution < 1.29 is 5.11 Å². The molecule has 1 aromatic rings. The van der Waals surface area contributed by atoms with Crippen LogP contribution in [0.5, 0.6) is 0 Å². The molecule has 0 saturated carbocycles. The Kier molecular flexibility index (Phi) is 3.69. The molecule has 1 aromatic heterocycles. The van der Waals surface area contributed by atoms with Crippen LogP contribution in [0.15, 0.2) is 18.5 Å². The van der Waals surface area contributed by atoms with Crippen LogP contribution in [0.4, 0.5) is 5.95 Å². The van der Waals surface area contributed by atoms with Crippen LogP contribution in [0.2, 0.25) is 0 Å². The van der Waals surface area contributed by atoms with E-state index in [0.29, 0.717) is 0 Å². The Morgan fingerprint density at radius 1 is 1.25 bits per heavy atom. The van der Waals surface area contributed by atoms with Crippen molar-refractivity contribution in [1.82, 2.24) is 14.9 Å². The average molecular weight is 222 g/mol. The Morgan fingerprint density at radius 3 is 2.44 bits per heavy atom. The molecule has 16 heavy (non-hydrogen) atoms. The maximum Gasteiger partial charge on any atom is 0.225 e. The van der Waals surface area contributed by atoms with E-state index in [4.69, 9.17) is 0 Å². The molecule has 1 fully saturated rings. The van der Waals surface area contributed by atoms with Gasteiger partial charge in [-0.25, -0.2) is 9.97 Å². The van der Waals surface area contributed by atoms with E-state index in [1.807, 2.05) is 13.0 Å². The van der Waals surface area contributed by atoms with Crippen molar-refractivity contribution in [3.8, 4) is 0 Å². The highest BCUT2D eigenvalue weighted by atomic mass is 16.3. The molecule has 88 valence electrons. The summed E-state index contributed by atoms with van der Waals surface area (Å²) in [5.41, 5.74) is 0. The van der Waals surface area contributed by atoms with Gasteiger partial charge < -0.3 is 10.0 Å². The second-order valence-electron chi connectivity index (χ2n) is 4.19. The Hall–Kier alpha value is -1.20.